The van der Waals surface area contributed by atoms with Gasteiger partial charge in [-0.15, -0.1) is 0 Å². The molecule has 1 aliphatic heterocycles. The highest BCUT2D eigenvalue weighted by Gasteiger charge is 2.18. The Kier molecular flexibility index (Phi) is 3.36. The van der Waals surface area contributed by atoms with Crippen molar-refractivity contribution in [2.45, 2.75) is 12.5 Å². The number of para-hydroxylation sites is 1. The van der Waals surface area contributed by atoms with E-state index in [1.54, 1.807) is 12.1 Å². The number of benzene rings is 1. The maximum Gasteiger partial charge on any atom is 0.412 e. The Labute approximate surface area is 92.8 Å². The minimum Gasteiger partial charge on any atom is -0.407 e. The predicted octanol–water partition coefficient (Wildman–Crippen LogP) is 1.28. The molecule has 2 N–H and O–H groups in total. The van der Waals surface area contributed by atoms with Crippen molar-refractivity contribution in [2.75, 3.05) is 13.1 Å². The number of nitrogens with one attached hydrogen (secondary N) is 2. The van der Waals surface area contributed by atoms with Gasteiger partial charge in [0.2, 0.25) is 0 Å². The van der Waals surface area contributed by atoms with Gasteiger partial charge in [0.15, 0.2) is 11.6 Å². The van der Waals surface area contributed by atoms with Gasteiger partial charge in [0, 0.05) is 12.6 Å². The fourth-order valence-electron chi connectivity index (χ4n) is 1.60. The second-order valence-electron chi connectivity index (χ2n) is 3.65. The van der Waals surface area contributed by atoms with Gasteiger partial charge in [-0.05, 0) is 25.1 Å². The molecule has 0 aromatic heterocycles. The third-order valence-corrected chi connectivity index (χ3v) is 2.42. The lowest BCUT2D eigenvalue weighted by Gasteiger charge is -2.11. The lowest BCUT2D eigenvalue weighted by molar-refractivity contribution is 0.194. The Morgan fingerprint density at radius 2 is 2.31 bits per heavy atom. The minimum atomic E-state index is -0.612. The van der Waals surface area contributed by atoms with Crippen molar-refractivity contribution >= 4 is 6.09 Å². The number of hydrogen-bond donors (Lipinski definition) is 2. The molecule has 1 unspecified atom stereocenters. The molecule has 4 nitrogen and oxygen atoms in total. The number of carbonyl (C=O) groups excluding carboxylic acids is 1. The first-order valence-electron chi connectivity index (χ1n) is 5.19. The Morgan fingerprint density at radius 3 is 3.00 bits per heavy atom. The molecule has 1 fully saturated rings. The number of ether oxygens (including phenoxy) is 1. The predicted molar refractivity (Wildman–Crippen MR) is 56.8 cm³/mol. The van der Waals surface area contributed by atoms with Crippen molar-refractivity contribution in [3.63, 3.8) is 0 Å². The first kappa shape index (κ1) is 10.9. The second-order valence-corrected chi connectivity index (χ2v) is 3.65. The Hall–Kier alpha value is -1.62. The maximum atomic E-state index is 13.1. The molecule has 0 bridgehead atoms. The zero-order valence-electron chi connectivity index (χ0n) is 8.70. The molecule has 1 heterocycles. The van der Waals surface area contributed by atoms with Crippen molar-refractivity contribution in [2.24, 2.45) is 0 Å². The molecule has 0 aliphatic carbocycles. The Balaban J connectivity index is 1.89. The van der Waals surface area contributed by atoms with Crippen molar-refractivity contribution in [1.82, 2.24) is 10.6 Å². The van der Waals surface area contributed by atoms with Gasteiger partial charge in [-0.25, -0.2) is 9.18 Å². The van der Waals surface area contributed by atoms with Crippen LogP contribution in [-0.2, 0) is 0 Å². The van der Waals surface area contributed by atoms with E-state index in [1.807, 2.05) is 0 Å². The molecule has 1 aromatic carbocycles. The summed E-state index contributed by atoms with van der Waals surface area (Å²) in [4.78, 5) is 11.4. The van der Waals surface area contributed by atoms with Crippen molar-refractivity contribution in [3.8, 4) is 5.75 Å². The number of hydrogen-bond acceptors (Lipinski definition) is 3. The minimum absolute atomic E-state index is 0.0500. The summed E-state index contributed by atoms with van der Waals surface area (Å²) in [6, 6.07) is 5.89. The Morgan fingerprint density at radius 1 is 1.50 bits per heavy atom. The van der Waals surface area contributed by atoms with Crippen LogP contribution in [0.4, 0.5) is 9.18 Å². The summed E-state index contributed by atoms with van der Waals surface area (Å²) in [6.07, 6.45) is 0.255. The number of halogens is 1. The van der Waals surface area contributed by atoms with Gasteiger partial charge in [0.1, 0.15) is 0 Å². The van der Waals surface area contributed by atoms with E-state index in [0.29, 0.717) is 0 Å². The first-order chi connectivity index (χ1) is 7.75. The largest absolute Gasteiger partial charge is 0.412 e. The number of rotatable bonds is 2. The van der Waals surface area contributed by atoms with Gasteiger partial charge < -0.3 is 15.4 Å². The molecule has 86 valence electrons. The van der Waals surface area contributed by atoms with Crippen molar-refractivity contribution in [3.05, 3.63) is 30.1 Å². The zero-order valence-corrected chi connectivity index (χ0v) is 8.70. The average molecular weight is 224 g/mol. The van der Waals surface area contributed by atoms with Crippen LogP contribution in [0.5, 0.6) is 5.75 Å². The Bertz CT molecular complexity index is 378. The van der Waals surface area contributed by atoms with E-state index < -0.39 is 11.9 Å². The van der Waals surface area contributed by atoms with E-state index in [9.17, 15) is 9.18 Å². The molecule has 5 heteroatoms. The quantitative estimate of drug-likeness (QED) is 0.795. The highest BCUT2D eigenvalue weighted by molar-refractivity contribution is 5.70. The van der Waals surface area contributed by atoms with E-state index in [-0.39, 0.29) is 11.8 Å². The first-order valence-corrected chi connectivity index (χ1v) is 5.19. The standard InChI is InChI=1S/C11H13FN2O2/c12-9-3-1-2-4-10(9)16-11(15)14-8-5-6-13-7-8/h1-4,8,13H,5-7H2,(H,14,15). The lowest BCUT2D eigenvalue weighted by atomic mass is 10.3. The summed E-state index contributed by atoms with van der Waals surface area (Å²) in [5, 5.41) is 5.77. The molecule has 1 atom stereocenters. The van der Waals surface area contributed by atoms with Crippen LogP contribution in [0.2, 0.25) is 0 Å². The normalized spacial score (nSPS) is 19.4. The summed E-state index contributed by atoms with van der Waals surface area (Å²) in [7, 11) is 0. The van der Waals surface area contributed by atoms with Crippen LogP contribution in [0.3, 0.4) is 0 Å². The molecular weight excluding hydrogens is 211 g/mol. The number of carbonyl (C=O) groups is 1. The highest BCUT2D eigenvalue weighted by Crippen LogP contribution is 2.15. The monoisotopic (exact) mass is 224 g/mol. The van der Waals surface area contributed by atoms with E-state index in [0.717, 1.165) is 19.5 Å². The third-order valence-electron chi connectivity index (χ3n) is 2.42. The molecule has 1 amide bonds. The SMILES string of the molecule is O=C(NC1CCNC1)Oc1ccccc1F. The van der Waals surface area contributed by atoms with Crippen LogP contribution in [-0.4, -0.2) is 25.2 Å². The molecular formula is C11H13FN2O2. The molecule has 1 saturated heterocycles. The smallest absolute Gasteiger partial charge is 0.407 e. The zero-order chi connectivity index (χ0) is 11.4. The van der Waals surface area contributed by atoms with Crippen LogP contribution in [0.15, 0.2) is 24.3 Å². The summed E-state index contributed by atoms with van der Waals surface area (Å²) >= 11 is 0. The van der Waals surface area contributed by atoms with Crippen LogP contribution in [0.25, 0.3) is 0 Å². The highest BCUT2D eigenvalue weighted by atomic mass is 19.1. The topological polar surface area (TPSA) is 50.4 Å². The summed E-state index contributed by atoms with van der Waals surface area (Å²) in [6.45, 7) is 1.61. The average Bonchev–Trinajstić information content (AvgIpc) is 2.74. The molecule has 0 radical (unpaired) electrons. The fraction of sp³-hybridized carbons (Fsp3) is 0.364. The van der Waals surface area contributed by atoms with Crippen LogP contribution < -0.4 is 15.4 Å². The molecule has 2 rings (SSSR count). The summed E-state index contributed by atoms with van der Waals surface area (Å²) in [5.41, 5.74) is 0. The maximum absolute atomic E-state index is 13.1. The molecule has 1 aliphatic rings. The number of amides is 1. The van der Waals surface area contributed by atoms with Gasteiger partial charge in [0.05, 0.1) is 0 Å². The van der Waals surface area contributed by atoms with Gasteiger partial charge in [-0.3, -0.25) is 0 Å². The second kappa shape index (κ2) is 4.94. The molecule has 0 saturated carbocycles. The van der Waals surface area contributed by atoms with Crippen molar-refractivity contribution in [1.29, 1.82) is 0 Å². The molecule has 1 aromatic rings. The van der Waals surface area contributed by atoms with Crippen LogP contribution >= 0.6 is 0 Å². The van der Waals surface area contributed by atoms with E-state index in [1.165, 1.54) is 12.1 Å². The molecule has 0 spiro atoms. The summed E-state index contributed by atoms with van der Waals surface area (Å²) < 4.78 is 18.0. The van der Waals surface area contributed by atoms with Crippen LogP contribution in [0, 0.1) is 5.82 Å². The fourth-order valence-corrected chi connectivity index (χ4v) is 1.60. The summed E-state index contributed by atoms with van der Waals surface area (Å²) in [5.74, 6) is -0.590. The van der Waals surface area contributed by atoms with E-state index in [2.05, 4.69) is 10.6 Å². The van der Waals surface area contributed by atoms with Gasteiger partial charge in [0.25, 0.3) is 0 Å². The van der Waals surface area contributed by atoms with Gasteiger partial charge in [-0.1, -0.05) is 12.1 Å². The van der Waals surface area contributed by atoms with Gasteiger partial charge in [-0.2, -0.15) is 0 Å². The van der Waals surface area contributed by atoms with Crippen molar-refractivity contribution < 1.29 is 13.9 Å². The molecule has 16 heavy (non-hydrogen) atoms. The third kappa shape index (κ3) is 2.70. The van der Waals surface area contributed by atoms with Crippen LogP contribution in [0.1, 0.15) is 6.42 Å². The lowest BCUT2D eigenvalue weighted by Crippen LogP contribution is -2.38. The van der Waals surface area contributed by atoms with E-state index >= 15 is 0 Å². The van der Waals surface area contributed by atoms with E-state index in [4.69, 9.17) is 4.74 Å². The van der Waals surface area contributed by atoms with Gasteiger partial charge >= 0.3 is 6.09 Å².